The molecule has 0 aliphatic carbocycles. The average molecular weight is 273 g/mol. The van der Waals surface area contributed by atoms with Gasteiger partial charge in [0.05, 0.1) is 6.10 Å². The van der Waals surface area contributed by atoms with E-state index in [1.54, 1.807) is 12.1 Å². The zero-order valence-corrected chi connectivity index (χ0v) is 11.3. The first kappa shape index (κ1) is 15.9. The van der Waals surface area contributed by atoms with Crippen molar-refractivity contribution in [1.29, 1.82) is 0 Å². The lowest BCUT2D eigenvalue weighted by Crippen LogP contribution is -2.26. The summed E-state index contributed by atoms with van der Waals surface area (Å²) < 4.78 is 28.2. The van der Waals surface area contributed by atoms with Gasteiger partial charge >= 0.3 is 6.61 Å². The van der Waals surface area contributed by atoms with E-state index in [-0.39, 0.29) is 5.75 Å². The van der Waals surface area contributed by atoms with Crippen molar-refractivity contribution in [1.82, 2.24) is 5.32 Å². The Kier molecular flexibility index (Phi) is 6.73. The predicted molar refractivity (Wildman–Crippen MR) is 70.4 cm³/mol. The molecule has 0 saturated carbocycles. The van der Waals surface area contributed by atoms with Gasteiger partial charge in [-0.2, -0.15) is 8.78 Å². The van der Waals surface area contributed by atoms with Gasteiger partial charge in [-0.1, -0.05) is 32.4 Å². The number of alkyl halides is 2. The molecule has 0 aliphatic rings. The summed E-state index contributed by atoms with van der Waals surface area (Å²) in [5.41, 5.74) is 0.679. The average Bonchev–Trinajstić information content (AvgIpc) is 2.38. The van der Waals surface area contributed by atoms with Crippen LogP contribution in [-0.2, 0) is 0 Å². The first-order chi connectivity index (χ1) is 9.02. The maximum absolute atomic E-state index is 12.0. The summed E-state index contributed by atoms with van der Waals surface area (Å²) in [6, 6.07) is 6.04. The lowest BCUT2D eigenvalue weighted by molar-refractivity contribution is -0.0498. The second-order valence-corrected chi connectivity index (χ2v) is 4.64. The van der Waals surface area contributed by atoms with Crippen molar-refractivity contribution in [2.45, 2.75) is 33.0 Å². The second kappa shape index (κ2) is 8.07. The van der Waals surface area contributed by atoms with Gasteiger partial charge in [-0.25, -0.2) is 0 Å². The van der Waals surface area contributed by atoms with E-state index in [4.69, 9.17) is 0 Å². The Labute approximate surface area is 112 Å². The number of rotatable bonds is 8. The third-order valence-electron chi connectivity index (χ3n) is 3.02. The molecular formula is C14H21F2NO2. The number of halogens is 2. The molecule has 3 nitrogen and oxygen atoms in total. The van der Waals surface area contributed by atoms with Crippen molar-refractivity contribution in [3.05, 3.63) is 29.8 Å². The van der Waals surface area contributed by atoms with Crippen LogP contribution >= 0.6 is 0 Å². The van der Waals surface area contributed by atoms with Gasteiger partial charge in [0.1, 0.15) is 5.75 Å². The van der Waals surface area contributed by atoms with E-state index >= 15 is 0 Å². The molecule has 5 heteroatoms. The minimum Gasteiger partial charge on any atom is -0.435 e. The van der Waals surface area contributed by atoms with Gasteiger partial charge < -0.3 is 15.2 Å². The minimum atomic E-state index is -2.83. The highest BCUT2D eigenvalue weighted by molar-refractivity contribution is 5.28. The maximum Gasteiger partial charge on any atom is 0.387 e. The zero-order valence-electron chi connectivity index (χ0n) is 11.3. The van der Waals surface area contributed by atoms with Crippen molar-refractivity contribution >= 4 is 0 Å². The minimum absolute atomic E-state index is 0.0958. The monoisotopic (exact) mass is 273 g/mol. The van der Waals surface area contributed by atoms with E-state index in [2.05, 4.69) is 23.9 Å². The van der Waals surface area contributed by atoms with Crippen LogP contribution in [0.1, 0.15) is 31.9 Å². The van der Waals surface area contributed by atoms with Crippen LogP contribution < -0.4 is 10.1 Å². The van der Waals surface area contributed by atoms with Crippen molar-refractivity contribution in [2.75, 3.05) is 13.1 Å². The second-order valence-electron chi connectivity index (χ2n) is 4.64. The van der Waals surface area contributed by atoms with E-state index in [0.29, 0.717) is 18.0 Å². The lowest BCUT2D eigenvalue weighted by Gasteiger charge is -2.15. The third-order valence-corrected chi connectivity index (χ3v) is 3.02. The van der Waals surface area contributed by atoms with E-state index in [0.717, 1.165) is 13.0 Å². The Hall–Kier alpha value is -1.20. The van der Waals surface area contributed by atoms with Gasteiger partial charge in [-0.3, -0.25) is 0 Å². The Balaban J connectivity index is 2.42. The van der Waals surface area contributed by atoms with Gasteiger partial charge in [0.15, 0.2) is 0 Å². The van der Waals surface area contributed by atoms with Crippen molar-refractivity contribution in [2.24, 2.45) is 5.92 Å². The lowest BCUT2D eigenvalue weighted by atomic mass is 10.1. The number of aliphatic hydroxyl groups excluding tert-OH is 1. The summed E-state index contributed by atoms with van der Waals surface area (Å²) in [5, 5.41) is 13.1. The SMILES string of the molecule is CCC(C)CNCC(O)c1ccc(OC(F)F)cc1. The van der Waals surface area contributed by atoms with Crippen LogP contribution in [0.15, 0.2) is 24.3 Å². The Morgan fingerprint density at radius 3 is 2.37 bits per heavy atom. The molecule has 0 aliphatic heterocycles. The van der Waals surface area contributed by atoms with Gasteiger partial charge in [-0.05, 0) is 30.2 Å². The van der Waals surface area contributed by atoms with E-state index in [9.17, 15) is 13.9 Å². The van der Waals surface area contributed by atoms with E-state index < -0.39 is 12.7 Å². The molecule has 1 rings (SSSR count). The van der Waals surface area contributed by atoms with Crippen LogP contribution in [0.25, 0.3) is 0 Å². The summed E-state index contributed by atoms with van der Waals surface area (Å²) >= 11 is 0. The molecule has 0 amide bonds. The molecule has 0 saturated heterocycles. The highest BCUT2D eigenvalue weighted by Crippen LogP contribution is 2.19. The molecule has 1 aromatic rings. The molecule has 0 radical (unpaired) electrons. The smallest absolute Gasteiger partial charge is 0.387 e. The van der Waals surface area contributed by atoms with Crippen LogP contribution in [0.2, 0.25) is 0 Å². The van der Waals surface area contributed by atoms with Crippen molar-refractivity contribution in [3.8, 4) is 5.75 Å². The molecule has 0 heterocycles. The van der Waals surface area contributed by atoms with Crippen molar-refractivity contribution < 1.29 is 18.6 Å². The van der Waals surface area contributed by atoms with Crippen LogP contribution in [0.3, 0.4) is 0 Å². The predicted octanol–water partition coefficient (Wildman–Crippen LogP) is 2.96. The fourth-order valence-electron chi connectivity index (χ4n) is 1.60. The van der Waals surface area contributed by atoms with Gasteiger partial charge in [-0.15, -0.1) is 0 Å². The first-order valence-electron chi connectivity index (χ1n) is 6.46. The summed E-state index contributed by atoms with van der Waals surface area (Å²) in [4.78, 5) is 0. The van der Waals surface area contributed by atoms with Crippen LogP contribution in [-0.4, -0.2) is 24.8 Å². The maximum atomic E-state index is 12.0. The summed E-state index contributed by atoms with van der Waals surface area (Å²) in [6.07, 6.45) is 0.438. The number of hydrogen-bond donors (Lipinski definition) is 2. The largest absolute Gasteiger partial charge is 0.435 e. The number of hydrogen-bond acceptors (Lipinski definition) is 3. The highest BCUT2D eigenvalue weighted by Gasteiger charge is 2.09. The highest BCUT2D eigenvalue weighted by atomic mass is 19.3. The first-order valence-corrected chi connectivity index (χ1v) is 6.46. The van der Waals surface area contributed by atoms with Gasteiger partial charge in [0.25, 0.3) is 0 Å². The topological polar surface area (TPSA) is 41.5 Å². The molecule has 0 spiro atoms. The summed E-state index contributed by atoms with van der Waals surface area (Å²) in [5.74, 6) is 0.660. The van der Waals surface area contributed by atoms with Gasteiger partial charge in [0, 0.05) is 6.54 Å². The number of aliphatic hydroxyl groups is 1. The molecule has 0 aromatic heterocycles. The molecular weight excluding hydrogens is 252 g/mol. The molecule has 0 fully saturated rings. The molecule has 2 unspecified atom stereocenters. The molecule has 2 N–H and O–H groups in total. The Morgan fingerprint density at radius 2 is 1.84 bits per heavy atom. The Morgan fingerprint density at radius 1 is 1.21 bits per heavy atom. The number of benzene rings is 1. The normalized spacial score (nSPS) is 14.4. The number of nitrogens with one attached hydrogen (secondary N) is 1. The Bertz CT molecular complexity index is 357. The standard InChI is InChI=1S/C14H21F2NO2/c1-3-10(2)8-17-9-13(18)11-4-6-12(7-5-11)19-14(15)16/h4-7,10,13-14,17-18H,3,8-9H2,1-2H3. The van der Waals surface area contributed by atoms with Crippen LogP contribution in [0.5, 0.6) is 5.75 Å². The third kappa shape index (κ3) is 5.98. The summed E-state index contributed by atoms with van der Waals surface area (Å²) in [7, 11) is 0. The molecule has 1 aromatic carbocycles. The van der Waals surface area contributed by atoms with Crippen molar-refractivity contribution in [3.63, 3.8) is 0 Å². The fraction of sp³-hybridized carbons (Fsp3) is 0.571. The quantitative estimate of drug-likeness (QED) is 0.765. The van der Waals surface area contributed by atoms with Crippen LogP contribution in [0, 0.1) is 5.92 Å². The summed E-state index contributed by atoms with van der Waals surface area (Å²) in [6.45, 7) is 2.72. The van der Waals surface area contributed by atoms with E-state index in [1.807, 2.05) is 0 Å². The molecule has 19 heavy (non-hydrogen) atoms. The molecule has 108 valence electrons. The fourth-order valence-corrected chi connectivity index (χ4v) is 1.60. The molecule has 2 atom stereocenters. The number of ether oxygens (including phenoxy) is 1. The van der Waals surface area contributed by atoms with Crippen LogP contribution in [0.4, 0.5) is 8.78 Å². The molecule has 0 bridgehead atoms. The van der Waals surface area contributed by atoms with E-state index in [1.165, 1.54) is 12.1 Å². The van der Waals surface area contributed by atoms with Gasteiger partial charge in [0.2, 0.25) is 0 Å². The zero-order chi connectivity index (χ0) is 14.3.